The molecule has 136 valence electrons. The Morgan fingerprint density at radius 2 is 1.12 bits per heavy atom. The van der Waals surface area contributed by atoms with Gasteiger partial charge in [-0.1, -0.05) is 90.9 Å². The molecule has 1 aliphatic rings. The smallest absolute Gasteiger partial charge is 0.0654 e. The topological polar surface area (TPSA) is 0 Å². The third-order valence-electron chi connectivity index (χ3n) is 5.04. The van der Waals surface area contributed by atoms with Gasteiger partial charge in [0.15, 0.2) is 0 Å². The van der Waals surface area contributed by atoms with Gasteiger partial charge in [0.1, 0.15) is 11.6 Å². The first kappa shape index (κ1) is 21.2. The van der Waals surface area contributed by atoms with Crippen molar-refractivity contribution in [3.8, 4) is 0 Å². The molecular weight excluding hydrogens is 288 g/mol. The van der Waals surface area contributed by atoms with E-state index in [1.54, 1.807) is 0 Å². The second kappa shape index (κ2) is 15.6. The van der Waals surface area contributed by atoms with Crippen LogP contribution in [0.2, 0.25) is 0 Å². The van der Waals surface area contributed by atoms with Crippen LogP contribution >= 0.6 is 0 Å². The van der Waals surface area contributed by atoms with E-state index in [0.29, 0.717) is 0 Å². The lowest BCUT2D eigenvalue weighted by atomic mass is 9.96. The zero-order valence-corrected chi connectivity index (χ0v) is 16.5. The van der Waals surface area contributed by atoms with Gasteiger partial charge in [0.2, 0.25) is 0 Å². The molecule has 0 aromatic rings. The minimum atomic E-state index is 1.22. The van der Waals surface area contributed by atoms with Crippen LogP contribution in [-0.2, 0) is 0 Å². The first-order chi connectivity index (χ1) is 11.9. The van der Waals surface area contributed by atoms with Crippen LogP contribution in [0.4, 0.5) is 0 Å². The second-order valence-corrected chi connectivity index (χ2v) is 7.46. The standard InChI is InChI=1S/C24H41/c1-3-5-7-9-11-13-15-18-23-20-17-21-24(22-23)19-16-14-12-10-8-6-4-2/h17,20,22H,3-16,18-19H2,1-2H3/q+1. The molecule has 0 nitrogen and oxygen atoms in total. The highest BCUT2D eigenvalue weighted by Gasteiger charge is 2.10. The van der Waals surface area contributed by atoms with Crippen molar-refractivity contribution in [3.63, 3.8) is 0 Å². The summed E-state index contributed by atoms with van der Waals surface area (Å²) >= 11 is 0. The Bertz CT molecular complexity index is 351. The minimum absolute atomic E-state index is 1.22. The third kappa shape index (κ3) is 11.6. The van der Waals surface area contributed by atoms with E-state index in [2.05, 4.69) is 38.2 Å². The van der Waals surface area contributed by atoms with Crippen LogP contribution in [0, 0.1) is 6.08 Å². The molecule has 0 amide bonds. The van der Waals surface area contributed by atoms with Gasteiger partial charge in [-0.25, -0.2) is 0 Å². The molecular formula is C24H41+. The molecule has 0 fully saturated rings. The highest BCUT2D eigenvalue weighted by molar-refractivity contribution is 5.35. The van der Waals surface area contributed by atoms with E-state index >= 15 is 0 Å². The van der Waals surface area contributed by atoms with Crippen molar-refractivity contribution in [2.24, 2.45) is 0 Å². The van der Waals surface area contributed by atoms with Crippen LogP contribution in [0.5, 0.6) is 0 Å². The Balaban J connectivity index is 2.05. The van der Waals surface area contributed by atoms with Crippen molar-refractivity contribution in [2.45, 2.75) is 117 Å². The molecule has 0 unspecified atom stereocenters. The van der Waals surface area contributed by atoms with Gasteiger partial charge in [0.25, 0.3) is 0 Å². The molecule has 0 radical (unpaired) electrons. The summed E-state index contributed by atoms with van der Waals surface area (Å²) in [7, 11) is 0. The molecule has 0 aromatic heterocycles. The molecule has 0 spiro atoms. The second-order valence-electron chi connectivity index (χ2n) is 7.46. The zero-order valence-electron chi connectivity index (χ0n) is 16.5. The van der Waals surface area contributed by atoms with Gasteiger partial charge < -0.3 is 0 Å². The first-order valence-corrected chi connectivity index (χ1v) is 10.9. The highest BCUT2D eigenvalue weighted by Crippen LogP contribution is 2.21. The van der Waals surface area contributed by atoms with E-state index in [1.165, 1.54) is 114 Å². The summed E-state index contributed by atoms with van der Waals surface area (Å²) in [5, 5.41) is 0. The number of allylic oxidation sites excluding steroid dienone is 6. The molecule has 0 atom stereocenters. The average Bonchev–Trinajstić information content (AvgIpc) is 2.60. The Morgan fingerprint density at radius 3 is 1.71 bits per heavy atom. The van der Waals surface area contributed by atoms with Crippen molar-refractivity contribution in [2.75, 3.05) is 0 Å². The van der Waals surface area contributed by atoms with Crippen molar-refractivity contribution < 1.29 is 0 Å². The average molecular weight is 330 g/mol. The molecule has 0 heterocycles. The Kier molecular flexibility index (Phi) is 13.8. The van der Waals surface area contributed by atoms with E-state index in [1.807, 2.05) is 0 Å². The van der Waals surface area contributed by atoms with Crippen LogP contribution in [0.15, 0.2) is 29.4 Å². The summed E-state index contributed by atoms with van der Waals surface area (Å²) in [5.74, 6) is 0. The van der Waals surface area contributed by atoms with E-state index in [-0.39, 0.29) is 0 Å². The van der Waals surface area contributed by atoms with Crippen LogP contribution in [0.1, 0.15) is 117 Å². The Morgan fingerprint density at radius 1 is 0.625 bits per heavy atom. The van der Waals surface area contributed by atoms with Crippen LogP contribution < -0.4 is 0 Å². The number of rotatable bonds is 16. The van der Waals surface area contributed by atoms with Crippen molar-refractivity contribution >= 4 is 0 Å². The molecule has 0 bridgehead atoms. The summed E-state index contributed by atoms with van der Waals surface area (Å²) in [4.78, 5) is 0. The van der Waals surface area contributed by atoms with E-state index in [0.717, 1.165) is 0 Å². The molecule has 0 saturated carbocycles. The van der Waals surface area contributed by atoms with Gasteiger partial charge in [0, 0.05) is 12.5 Å². The monoisotopic (exact) mass is 329 g/mol. The number of hydrogen-bond acceptors (Lipinski definition) is 0. The Labute approximate surface area is 152 Å². The summed E-state index contributed by atoms with van der Waals surface area (Å²) in [5.41, 5.74) is 2.96. The normalized spacial score (nSPS) is 13.6. The lowest BCUT2D eigenvalue weighted by Gasteiger charge is -2.03. The van der Waals surface area contributed by atoms with E-state index in [9.17, 15) is 0 Å². The molecule has 1 rings (SSSR count). The molecule has 0 aliphatic heterocycles. The molecule has 0 heteroatoms. The lowest BCUT2D eigenvalue weighted by molar-refractivity contribution is 0.587. The predicted molar refractivity (Wildman–Crippen MR) is 109 cm³/mol. The fraction of sp³-hybridized carbons (Fsp3) is 0.750. The number of hydrogen-bond donors (Lipinski definition) is 0. The summed E-state index contributed by atoms with van der Waals surface area (Å²) in [6, 6.07) is 0. The van der Waals surface area contributed by atoms with Crippen molar-refractivity contribution in [3.05, 3.63) is 35.5 Å². The summed E-state index contributed by atoms with van der Waals surface area (Å²) in [6.45, 7) is 4.58. The van der Waals surface area contributed by atoms with Gasteiger partial charge in [-0.05, 0) is 19.3 Å². The first-order valence-electron chi connectivity index (χ1n) is 10.9. The molecule has 1 aliphatic carbocycles. The molecule has 0 saturated heterocycles. The van der Waals surface area contributed by atoms with Gasteiger partial charge >= 0.3 is 0 Å². The maximum absolute atomic E-state index is 3.44. The predicted octanol–water partition coefficient (Wildman–Crippen LogP) is 8.49. The van der Waals surface area contributed by atoms with Gasteiger partial charge in [-0.3, -0.25) is 0 Å². The largest absolute Gasteiger partial charge is 0.116 e. The van der Waals surface area contributed by atoms with Crippen LogP contribution in [-0.4, -0.2) is 0 Å². The van der Waals surface area contributed by atoms with E-state index in [4.69, 9.17) is 0 Å². The zero-order chi connectivity index (χ0) is 17.3. The summed E-state index contributed by atoms with van der Waals surface area (Å²) < 4.78 is 0. The van der Waals surface area contributed by atoms with Gasteiger partial charge in [-0.15, -0.1) is 0 Å². The van der Waals surface area contributed by atoms with Gasteiger partial charge in [-0.2, -0.15) is 0 Å². The minimum Gasteiger partial charge on any atom is -0.0654 e. The third-order valence-corrected chi connectivity index (χ3v) is 5.04. The fourth-order valence-electron chi connectivity index (χ4n) is 3.43. The number of unbranched alkanes of at least 4 members (excludes halogenated alkanes) is 12. The maximum atomic E-state index is 3.44. The van der Waals surface area contributed by atoms with Crippen LogP contribution in [0.3, 0.4) is 0 Å². The highest BCUT2D eigenvalue weighted by atomic mass is 14.1. The quantitative estimate of drug-likeness (QED) is 0.197. The van der Waals surface area contributed by atoms with Gasteiger partial charge in [0.05, 0.1) is 17.7 Å². The molecule has 0 aromatic carbocycles. The van der Waals surface area contributed by atoms with E-state index < -0.39 is 0 Å². The van der Waals surface area contributed by atoms with Crippen molar-refractivity contribution in [1.29, 1.82) is 0 Å². The molecule has 0 N–H and O–H groups in total. The summed E-state index contributed by atoms with van der Waals surface area (Å²) in [6.07, 6.45) is 32.3. The fourth-order valence-corrected chi connectivity index (χ4v) is 3.43. The van der Waals surface area contributed by atoms with Crippen molar-refractivity contribution in [1.82, 2.24) is 0 Å². The Hall–Kier alpha value is -0.870. The van der Waals surface area contributed by atoms with Crippen LogP contribution in [0.25, 0.3) is 0 Å². The maximum Gasteiger partial charge on any atom is 0.116 e. The SMILES string of the molecule is CCCCCCCCCC1=[C+]C=CC(CCCCCCCCC)=C1. The molecule has 24 heavy (non-hydrogen) atoms. The lowest BCUT2D eigenvalue weighted by Crippen LogP contribution is -1.90.